The SMILES string of the molecule is O=C(CCNS(=O)(=O)c1ccc2ccccc2c1)Nc1ccc(F)cc1Cl. The van der Waals surface area contributed by atoms with E-state index in [4.69, 9.17) is 11.6 Å². The number of carbonyl (C=O) groups is 1. The van der Waals surface area contributed by atoms with Gasteiger partial charge in [0.2, 0.25) is 15.9 Å². The maximum Gasteiger partial charge on any atom is 0.240 e. The molecule has 0 aliphatic rings. The van der Waals surface area contributed by atoms with E-state index in [9.17, 15) is 17.6 Å². The number of amides is 1. The number of sulfonamides is 1. The summed E-state index contributed by atoms with van der Waals surface area (Å²) in [4.78, 5) is 12.1. The van der Waals surface area contributed by atoms with E-state index in [1.165, 1.54) is 18.2 Å². The molecule has 2 N–H and O–H groups in total. The van der Waals surface area contributed by atoms with Crippen LogP contribution in [0.1, 0.15) is 6.42 Å². The smallest absolute Gasteiger partial charge is 0.240 e. The lowest BCUT2D eigenvalue weighted by Gasteiger charge is -2.09. The van der Waals surface area contributed by atoms with Crippen LogP contribution in [0, 0.1) is 5.82 Å². The molecule has 3 aromatic rings. The minimum atomic E-state index is -3.74. The molecular weight excluding hydrogens is 391 g/mol. The van der Waals surface area contributed by atoms with Crippen molar-refractivity contribution in [2.75, 3.05) is 11.9 Å². The Hall–Kier alpha value is -2.48. The van der Waals surface area contributed by atoms with Gasteiger partial charge in [0.25, 0.3) is 0 Å². The van der Waals surface area contributed by atoms with Crippen LogP contribution in [-0.4, -0.2) is 20.9 Å². The predicted octanol–water partition coefficient (Wildman–Crippen LogP) is 3.94. The fraction of sp³-hybridized carbons (Fsp3) is 0.105. The summed E-state index contributed by atoms with van der Waals surface area (Å²) in [5.74, 6) is -0.953. The van der Waals surface area contributed by atoms with Crippen LogP contribution in [0.3, 0.4) is 0 Å². The van der Waals surface area contributed by atoms with E-state index in [1.54, 1.807) is 12.1 Å². The molecule has 3 rings (SSSR count). The van der Waals surface area contributed by atoms with Gasteiger partial charge in [-0.3, -0.25) is 4.79 Å². The van der Waals surface area contributed by atoms with Crippen LogP contribution >= 0.6 is 11.6 Å². The van der Waals surface area contributed by atoms with Crippen LogP contribution in [0.4, 0.5) is 10.1 Å². The number of rotatable bonds is 6. The summed E-state index contributed by atoms with van der Waals surface area (Å²) in [5.41, 5.74) is 0.264. The topological polar surface area (TPSA) is 75.3 Å². The number of anilines is 1. The summed E-state index contributed by atoms with van der Waals surface area (Å²) >= 11 is 5.84. The Morgan fingerprint density at radius 2 is 1.74 bits per heavy atom. The molecule has 1 amide bonds. The molecule has 0 fully saturated rings. The molecular formula is C19H16ClFN2O3S. The first-order valence-corrected chi connectivity index (χ1v) is 9.95. The lowest BCUT2D eigenvalue weighted by atomic mass is 10.1. The molecule has 0 saturated carbocycles. The van der Waals surface area contributed by atoms with Gasteiger partial charge in [-0.1, -0.05) is 41.9 Å². The molecule has 8 heteroatoms. The second kappa shape index (κ2) is 8.04. The predicted molar refractivity (Wildman–Crippen MR) is 104 cm³/mol. The van der Waals surface area contributed by atoms with Crippen LogP contribution in [-0.2, 0) is 14.8 Å². The molecule has 3 aromatic carbocycles. The Morgan fingerprint density at radius 3 is 2.48 bits per heavy atom. The summed E-state index contributed by atoms with van der Waals surface area (Å²) in [5, 5.41) is 4.33. The average molecular weight is 407 g/mol. The normalized spacial score (nSPS) is 11.5. The summed E-state index contributed by atoms with van der Waals surface area (Å²) < 4.78 is 40.2. The highest BCUT2D eigenvalue weighted by Gasteiger charge is 2.15. The molecule has 0 aliphatic carbocycles. The van der Waals surface area contributed by atoms with Crippen molar-refractivity contribution in [1.29, 1.82) is 0 Å². The van der Waals surface area contributed by atoms with E-state index >= 15 is 0 Å². The molecule has 0 radical (unpaired) electrons. The third kappa shape index (κ3) is 4.82. The molecule has 5 nitrogen and oxygen atoms in total. The van der Waals surface area contributed by atoms with Gasteiger partial charge in [0, 0.05) is 13.0 Å². The number of fused-ring (bicyclic) bond motifs is 1. The minimum Gasteiger partial charge on any atom is -0.325 e. The van der Waals surface area contributed by atoms with Crippen molar-refractivity contribution in [3.63, 3.8) is 0 Å². The van der Waals surface area contributed by atoms with Crippen molar-refractivity contribution in [3.05, 3.63) is 71.5 Å². The van der Waals surface area contributed by atoms with Gasteiger partial charge >= 0.3 is 0 Å². The van der Waals surface area contributed by atoms with Crippen LogP contribution < -0.4 is 10.0 Å². The summed E-state index contributed by atoms with van der Waals surface area (Å²) in [6.07, 6.45) is -0.0967. The lowest BCUT2D eigenvalue weighted by molar-refractivity contribution is -0.116. The average Bonchev–Trinajstić information content (AvgIpc) is 2.63. The van der Waals surface area contributed by atoms with E-state index in [0.29, 0.717) is 0 Å². The van der Waals surface area contributed by atoms with Crippen molar-refractivity contribution in [3.8, 4) is 0 Å². The zero-order valence-corrected chi connectivity index (χ0v) is 15.6. The Bertz CT molecular complexity index is 1100. The first-order chi connectivity index (χ1) is 12.8. The second-order valence-electron chi connectivity index (χ2n) is 5.83. The van der Waals surface area contributed by atoms with Gasteiger partial charge in [0.05, 0.1) is 15.6 Å². The summed E-state index contributed by atoms with van der Waals surface area (Å²) in [6.45, 7) is -0.0835. The van der Waals surface area contributed by atoms with Crippen LogP contribution in [0.15, 0.2) is 65.6 Å². The first kappa shape index (κ1) is 19.3. The largest absolute Gasteiger partial charge is 0.325 e. The van der Waals surface area contributed by atoms with Crippen LogP contribution in [0.2, 0.25) is 5.02 Å². The first-order valence-electron chi connectivity index (χ1n) is 8.08. The zero-order chi connectivity index (χ0) is 19.4. The molecule has 0 unspecified atom stereocenters. The highest BCUT2D eigenvalue weighted by Crippen LogP contribution is 2.22. The van der Waals surface area contributed by atoms with Gasteiger partial charge in [-0.25, -0.2) is 17.5 Å². The van der Waals surface area contributed by atoms with Gasteiger partial charge in [-0.05, 0) is 41.1 Å². The zero-order valence-electron chi connectivity index (χ0n) is 14.1. The molecule has 0 spiro atoms. The monoisotopic (exact) mass is 406 g/mol. The second-order valence-corrected chi connectivity index (χ2v) is 8.00. The van der Waals surface area contributed by atoms with E-state index in [0.717, 1.165) is 16.8 Å². The molecule has 0 heterocycles. The van der Waals surface area contributed by atoms with E-state index in [1.807, 2.05) is 24.3 Å². The molecule has 140 valence electrons. The Morgan fingerprint density at radius 1 is 1.00 bits per heavy atom. The van der Waals surface area contributed by atoms with Gasteiger partial charge in [-0.15, -0.1) is 0 Å². The lowest BCUT2D eigenvalue weighted by Crippen LogP contribution is -2.27. The Balaban J connectivity index is 1.60. The number of nitrogens with one attached hydrogen (secondary N) is 2. The van der Waals surface area contributed by atoms with Gasteiger partial charge in [0.1, 0.15) is 5.82 Å². The van der Waals surface area contributed by atoms with Crippen LogP contribution in [0.5, 0.6) is 0 Å². The molecule has 0 saturated heterocycles. The van der Waals surface area contributed by atoms with E-state index in [-0.39, 0.29) is 28.6 Å². The van der Waals surface area contributed by atoms with Crippen molar-refractivity contribution in [1.82, 2.24) is 4.72 Å². The maximum atomic E-state index is 13.0. The number of halogens is 2. The Kier molecular flexibility index (Phi) is 5.74. The van der Waals surface area contributed by atoms with Gasteiger partial charge in [-0.2, -0.15) is 0 Å². The fourth-order valence-electron chi connectivity index (χ4n) is 2.52. The molecule has 0 atom stereocenters. The number of hydrogen-bond donors (Lipinski definition) is 2. The van der Waals surface area contributed by atoms with Gasteiger partial charge in [0.15, 0.2) is 0 Å². The van der Waals surface area contributed by atoms with Crippen molar-refractivity contribution in [2.45, 2.75) is 11.3 Å². The summed E-state index contributed by atoms with van der Waals surface area (Å²) in [7, 11) is -3.74. The standard InChI is InChI=1S/C19H16ClFN2O3S/c20-17-12-15(21)6-8-18(17)23-19(24)9-10-22-27(25,26)16-7-5-13-3-1-2-4-14(13)11-16/h1-8,11-12,22H,9-10H2,(H,23,24). The Labute approximate surface area is 161 Å². The number of benzene rings is 3. The summed E-state index contributed by atoms with van der Waals surface area (Å²) in [6, 6.07) is 15.8. The van der Waals surface area contributed by atoms with Crippen molar-refractivity contribution in [2.24, 2.45) is 0 Å². The maximum absolute atomic E-state index is 13.0. The quantitative estimate of drug-likeness (QED) is 0.651. The molecule has 27 heavy (non-hydrogen) atoms. The van der Waals surface area contributed by atoms with Gasteiger partial charge < -0.3 is 5.32 Å². The fourth-order valence-corrected chi connectivity index (χ4v) is 3.80. The van der Waals surface area contributed by atoms with Crippen molar-refractivity contribution >= 4 is 44.0 Å². The highest BCUT2D eigenvalue weighted by molar-refractivity contribution is 7.89. The minimum absolute atomic E-state index is 0.0695. The van der Waals surface area contributed by atoms with E-state index < -0.39 is 21.7 Å². The van der Waals surface area contributed by atoms with E-state index in [2.05, 4.69) is 10.0 Å². The third-order valence-corrected chi connectivity index (χ3v) is 5.65. The van der Waals surface area contributed by atoms with Crippen LogP contribution in [0.25, 0.3) is 10.8 Å². The number of carbonyl (C=O) groups excluding carboxylic acids is 1. The molecule has 0 aromatic heterocycles. The third-order valence-electron chi connectivity index (χ3n) is 3.88. The number of hydrogen-bond acceptors (Lipinski definition) is 3. The highest BCUT2D eigenvalue weighted by atomic mass is 35.5. The van der Waals surface area contributed by atoms with Crippen molar-refractivity contribution < 1.29 is 17.6 Å². The molecule has 0 aliphatic heterocycles. The molecule has 0 bridgehead atoms.